The van der Waals surface area contributed by atoms with Crippen LogP contribution in [0.1, 0.15) is 18.9 Å². The van der Waals surface area contributed by atoms with Crippen molar-refractivity contribution in [1.29, 1.82) is 0 Å². The fourth-order valence-corrected chi connectivity index (χ4v) is 2.70. The number of likely N-dealkylation sites (tertiary alicyclic amines) is 1. The summed E-state index contributed by atoms with van der Waals surface area (Å²) in [6.45, 7) is 1.78. The van der Waals surface area contributed by atoms with Crippen LogP contribution in [-0.4, -0.2) is 37.8 Å². The highest BCUT2D eigenvalue weighted by molar-refractivity contribution is 5.43. The van der Waals surface area contributed by atoms with Gasteiger partial charge in [0.25, 0.3) is 0 Å². The van der Waals surface area contributed by atoms with Gasteiger partial charge in [0, 0.05) is 19.1 Å². The fourth-order valence-electron chi connectivity index (χ4n) is 2.70. The molecule has 0 aromatic heterocycles. The van der Waals surface area contributed by atoms with Crippen molar-refractivity contribution in [2.45, 2.75) is 32.5 Å². The van der Waals surface area contributed by atoms with Gasteiger partial charge in [-0.05, 0) is 43.5 Å². The molecule has 0 bridgehead atoms. The molecule has 0 radical (unpaired) electrons. The summed E-state index contributed by atoms with van der Waals surface area (Å²) < 4.78 is 34.4. The minimum absolute atomic E-state index is 0.0768. The lowest BCUT2D eigenvalue weighted by Gasteiger charge is -2.19. The highest BCUT2D eigenvalue weighted by atomic mass is 19.3. The van der Waals surface area contributed by atoms with Crippen LogP contribution in [0, 0.1) is 5.92 Å². The number of nitrogens with zero attached hydrogens (tertiary/aromatic N) is 1. The second kappa shape index (κ2) is 7.04. The van der Waals surface area contributed by atoms with Crippen LogP contribution in [0.5, 0.6) is 11.5 Å². The number of halogens is 2. The first-order valence-electron chi connectivity index (χ1n) is 7.09. The Morgan fingerprint density at radius 3 is 2.71 bits per heavy atom. The van der Waals surface area contributed by atoms with Crippen molar-refractivity contribution >= 4 is 0 Å². The maximum Gasteiger partial charge on any atom is 0.387 e. The van der Waals surface area contributed by atoms with Gasteiger partial charge in [-0.2, -0.15) is 8.78 Å². The van der Waals surface area contributed by atoms with Crippen LogP contribution < -0.4 is 15.2 Å². The smallest absolute Gasteiger partial charge is 0.387 e. The summed E-state index contributed by atoms with van der Waals surface area (Å²) in [5.41, 5.74) is 6.85. The molecule has 21 heavy (non-hydrogen) atoms. The van der Waals surface area contributed by atoms with Crippen molar-refractivity contribution in [3.8, 4) is 11.5 Å². The van der Waals surface area contributed by atoms with Gasteiger partial charge >= 0.3 is 6.61 Å². The van der Waals surface area contributed by atoms with Crippen molar-refractivity contribution in [2.24, 2.45) is 11.7 Å². The van der Waals surface area contributed by atoms with E-state index >= 15 is 0 Å². The van der Waals surface area contributed by atoms with Crippen molar-refractivity contribution in [3.05, 3.63) is 23.8 Å². The minimum atomic E-state index is -2.86. The molecule has 2 atom stereocenters. The topological polar surface area (TPSA) is 47.7 Å². The Morgan fingerprint density at radius 2 is 2.14 bits per heavy atom. The van der Waals surface area contributed by atoms with E-state index in [4.69, 9.17) is 10.5 Å². The van der Waals surface area contributed by atoms with Crippen molar-refractivity contribution < 1.29 is 18.3 Å². The van der Waals surface area contributed by atoms with Gasteiger partial charge < -0.3 is 15.2 Å². The summed E-state index contributed by atoms with van der Waals surface area (Å²) in [6, 6.07) is 5.33. The van der Waals surface area contributed by atoms with Crippen LogP contribution in [0.3, 0.4) is 0 Å². The molecular formula is C15H22F2N2O2. The molecule has 0 saturated carbocycles. The van der Waals surface area contributed by atoms with E-state index in [1.54, 1.807) is 12.1 Å². The van der Waals surface area contributed by atoms with E-state index in [1.165, 1.54) is 7.11 Å². The molecule has 1 fully saturated rings. The van der Waals surface area contributed by atoms with Crippen molar-refractivity contribution in [3.63, 3.8) is 0 Å². The van der Waals surface area contributed by atoms with E-state index in [9.17, 15) is 8.78 Å². The molecule has 2 unspecified atom stereocenters. The van der Waals surface area contributed by atoms with Gasteiger partial charge in [-0.15, -0.1) is 0 Å². The van der Waals surface area contributed by atoms with E-state index in [0.717, 1.165) is 25.1 Å². The third-order valence-electron chi connectivity index (χ3n) is 3.90. The number of rotatable bonds is 6. The van der Waals surface area contributed by atoms with Gasteiger partial charge in [-0.3, -0.25) is 4.90 Å². The lowest BCUT2D eigenvalue weighted by Crippen LogP contribution is -2.29. The molecular weight excluding hydrogens is 278 g/mol. The highest BCUT2D eigenvalue weighted by Crippen LogP contribution is 2.30. The molecule has 0 amide bonds. The highest BCUT2D eigenvalue weighted by Gasteiger charge is 2.25. The molecule has 1 aliphatic heterocycles. The molecule has 1 saturated heterocycles. The van der Waals surface area contributed by atoms with E-state index < -0.39 is 6.61 Å². The first-order valence-corrected chi connectivity index (χ1v) is 7.09. The molecule has 1 heterocycles. The molecule has 1 aromatic carbocycles. The molecule has 1 aromatic rings. The van der Waals surface area contributed by atoms with Crippen LogP contribution in [0.4, 0.5) is 8.78 Å². The zero-order chi connectivity index (χ0) is 15.4. The molecule has 4 nitrogen and oxygen atoms in total. The Labute approximate surface area is 123 Å². The Kier molecular flexibility index (Phi) is 5.36. The van der Waals surface area contributed by atoms with Crippen molar-refractivity contribution in [1.82, 2.24) is 4.90 Å². The van der Waals surface area contributed by atoms with Gasteiger partial charge in [-0.1, -0.05) is 6.07 Å². The maximum atomic E-state index is 12.4. The van der Waals surface area contributed by atoms with E-state index in [-0.39, 0.29) is 11.8 Å². The Hall–Kier alpha value is -1.40. The predicted octanol–water partition coefficient (Wildman–Crippen LogP) is 2.47. The Morgan fingerprint density at radius 1 is 1.38 bits per heavy atom. The number of ether oxygens (including phenoxy) is 2. The van der Waals surface area contributed by atoms with Crippen LogP contribution in [0.15, 0.2) is 18.2 Å². The third kappa shape index (κ3) is 4.28. The number of benzene rings is 1. The molecule has 118 valence electrons. The molecule has 0 spiro atoms. The van der Waals surface area contributed by atoms with E-state index in [2.05, 4.69) is 9.64 Å². The van der Waals surface area contributed by atoms with Gasteiger partial charge in [0.1, 0.15) is 0 Å². The zero-order valence-corrected chi connectivity index (χ0v) is 12.4. The summed E-state index contributed by atoms with van der Waals surface area (Å²) in [7, 11) is 1.43. The van der Waals surface area contributed by atoms with E-state index in [0.29, 0.717) is 18.2 Å². The monoisotopic (exact) mass is 300 g/mol. The average molecular weight is 300 g/mol. The van der Waals surface area contributed by atoms with Gasteiger partial charge in [-0.25, -0.2) is 0 Å². The lowest BCUT2D eigenvalue weighted by atomic mass is 10.0. The number of hydrogen-bond donors (Lipinski definition) is 1. The number of methoxy groups -OCH3 is 1. The summed E-state index contributed by atoms with van der Waals surface area (Å²) in [5.74, 6) is 0.891. The van der Waals surface area contributed by atoms with Gasteiger partial charge in [0.2, 0.25) is 0 Å². The molecule has 2 N–H and O–H groups in total. The van der Waals surface area contributed by atoms with Crippen LogP contribution >= 0.6 is 0 Å². The van der Waals surface area contributed by atoms with Gasteiger partial charge in [0.05, 0.1) is 7.11 Å². The van der Waals surface area contributed by atoms with Crippen LogP contribution in [0.25, 0.3) is 0 Å². The second-order valence-corrected chi connectivity index (χ2v) is 5.51. The number of nitrogens with two attached hydrogens (primary N) is 1. The van der Waals surface area contributed by atoms with Crippen molar-refractivity contribution in [2.75, 3.05) is 20.2 Å². The molecule has 0 aliphatic carbocycles. The number of hydrogen-bond acceptors (Lipinski definition) is 4. The lowest BCUT2D eigenvalue weighted by molar-refractivity contribution is -0.0512. The predicted molar refractivity (Wildman–Crippen MR) is 76.7 cm³/mol. The first-order chi connectivity index (χ1) is 9.99. The SMILES string of the molecule is COc1ccc(CN2CCC(C(C)N)C2)cc1OC(F)F. The normalized spacial score (nSPS) is 20.8. The molecule has 6 heteroatoms. The summed E-state index contributed by atoms with van der Waals surface area (Å²) >= 11 is 0. The fraction of sp³-hybridized carbons (Fsp3) is 0.600. The second-order valence-electron chi connectivity index (χ2n) is 5.51. The zero-order valence-electron chi connectivity index (χ0n) is 12.4. The molecule has 1 aliphatic rings. The Balaban J connectivity index is 2.04. The average Bonchev–Trinajstić information content (AvgIpc) is 2.87. The minimum Gasteiger partial charge on any atom is -0.493 e. The van der Waals surface area contributed by atoms with Crippen LogP contribution in [0.2, 0.25) is 0 Å². The first kappa shape index (κ1) is 16.0. The molecule has 2 rings (SSSR count). The number of alkyl halides is 2. The van der Waals surface area contributed by atoms with E-state index in [1.807, 2.05) is 13.0 Å². The Bertz CT molecular complexity index is 469. The summed E-state index contributed by atoms with van der Waals surface area (Å²) in [4.78, 5) is 2.28. The van der Waals surface area contributed by atoms with Gasteiger partial charge in [0.15, 0.2) is 11.5 Å². The maximum absolute atomic E-state index is 12.4. The summed E-state index contributed by atoms with van der Waals surface area (Å²) in [6.07, 6.45) is 1.08. The largest absolute Gasteiger partial charge is 0.493 e. The third-order valence-corrected chi connectivity index (χ3v) is 3.90. The summed E-state index contributed by atoms with van der Waals surface area (Å²) in [5, 5.41) is 0. The van der Waals surface area contributed by atoms with Crippen LogP contribution in [-0.2, 0) is 6.54 Å². The quantitative estimate of drug-likeness (QED) is 0.877. The standard InChI is InChI=1S/C15H22F2N2O2/c1-10(18)12-5-6-19(9-12)8-11-3-4-13(20-2)14(7-11)21-15(16)17/h3-4,7,10,12,15H,5-6,8-9,18H2,1-2H3.